The lowest BCUT2D eigenvalue weighted by Crippen LogP contribution is -2.52. The second-order valence-corrected chi connectivity index (χ2v) is 9.80. The predicted octanol–water partition coefficient (Wildman–Crippen LogP) is 3.15. The fourth-order valence-corrected chi connectivity index (χ4v) is 4.55. The van der Waals surface area contributed by atoms with Gasteiger partial charge < -0.3 is 24.3 Å². The van der Waals surface area contributed by atoms with Gasteiger partial charge in [0.2, 0.25) is 11.8 Å². The van der Waals surface area contributed by atoms with Gasteiger partial charge in [-0.2, -0.15) is 0 Å². The Morgan fingerprint density at radius 3 is 2.59 bits per heavy atom. The van der Waals surface area contributed by atoms with E-state index in [1.807, 2.05) is 44.3 Å². The molecule has 1 fully saturated rings. The summed E-state index contributed by atoms with van der Waals surface area (Å²) in [5.41, 5.74) is 1.30. The van der Waals surface area contributed by atoms with Crippen molar-refractivity contribution in [1.29, 1.82) is 0 Å². The maximum absolute atomic E-state index is 13.0. The molecule has 1 atom stereocenters. The molecule has 3 aromatic rings. The Morgan fingerprint density at radius 2 is 1.85 bits per heavy atom. The lowest BCUT2D eigenvalue weighted by Gasteiger charge is -2.32. The molecule has 1 aliphatic heterocycles. The molecule has 0 bridgehead atoms. The number of benzene rings is 1. The van der Waals surface area contributed by atoms with Crippen LogP contribution in [0.1, 0.15) is 57.4 Å². The number of ether oxygens (including phenoxy) is 1. The first-order valence-electron chi connectivity index (χ1n) is 13.5. The number of hydrogen-bond acceptors (Lipinski definition) is 9. The van der Waals surface area contributed by atoms with Crippen molar-refractivity contribution in [3.05, 3.63) is 36.2 Å². The van der Waals surface area contributed by atoms with E-state index in [0.717, 1.165) is 23.7 Å². The highest BCUT2D eigenvalue weighted by molar-refractivity contribution is 6.35. The number of methoxy groups -OCH3 is 1. The van der Waals surface area contributed by atoms with E-state index in [1.54, 1.807) is 4.90 Å². The van der Waals surface area contributed by atoms with Crippen LogP contribution in [0.2, 0.25) is 0 Å². The Kier molecular flexibility index (Phi) is 9.59. The Hall–Kier alpha value is -3.86. The highest BCUT2D eigenvalue weighted by Gasteiger charge is 2.29. The number of aromatic nitrogens is 3. The third kappa shape index (κ3) is 7.17. The SMILES string of the molecule is CCC(=O)CCCCC[C@H](NC(=O)C(=O)N1CCN(C)CC1)c1nnc(-c2cc3ccccc3nc2OC)o1. The molecule has 208 valence electrons. The fraction of sp³-hybridized carbons (Fsp3) is 0.500. The number of fused-ring (bicyclic) bond motifs is 1. The first kappa shape index (κ1) is 28.2. The Labute approximate surface area is 227 Å². The average molecular weight is 537 g/mol. The van der Waals surface area contributed by atoms with Gasteiger partial charge in [-0.25, -0.2) is 4.98 Å². The van der Waals surface area contributed by atoms with Crippen LogP contribution >= 0.6 is 0 Å². The molecular formula is C28H36N6O5. The standard InChI is InChI=1S/C28H36N6O5/c1-4-20(35)11-6-5-7-13-23(29-24(36)28(37)34-16-14-33(2)15-17-34)27-32-31-26(39-27)21-18-19-10-8-9-12-22(19)30-25(21)38-3/h8-10,12,18,23H,4-7,11,13-17H2,1-3H3,(H,29,36)/t23-/m0/s1. The number of carbonyl (C=O) groups is 3. The van der Waals surface area contributed by atoms with Crippen molar-refractivity contribution in [2.75, 3.05) is 40.3 Å². The number of piperazine rings is 1. The van der Waals surface area contributed by atoms with Gasteiger partial charge in [0.25, 0.3) is 5.89 Å². The van der Waals surface area contributed by atoms with Crippen LogP contribution in [0.25, 0.3) is 22.4 Å². The van der Waals surface area contributed by atoms with Crippen molar-refractivity contribution in [2.45, 2.75) is 51.5 Å². The smallest absolute Gasteiger partial charge is 0.311 e. The van der Waals surface area contributed by atoms with Gasteiger partial charge in [-0.1, -0.05) is 38.0 Å². The summed E-state index contributed by atoms with van der Waals surface area (Å²) >= 11 is 0. The summed E-state index contributed by atoms with van der Waals surface area (Å²) in [5, 5.41) is 12.1. The molecule has 1 N–H and O–H groups in total. The van der Waals surface area contributed by atoms with E-state index in [2.05, 4.69) is 25.4 Å². The molecule has 0 radical (unpaired) electrons. The van der Waals surface area contributed by atoms with Crippen LogP contribution in [0, 0.1) is 0 Å². The van der Waals surface area contributed by atoms with E-state index >= 15 is 0 Å². The third-order valence-electron chi connectivity index (χ3n) is 6.98. The van der Waals surface area contributed by atoms with Crippen LogP contribution < -0.4 is 10.1 Å². The van der Waals surface area contributed by atoms with Gasteiger partial charge >= 0.3 is 11.8 Å². The highest BCUT2D eigenvalue weighted by Crippen LogP contribution is 2.32. The minimum Gasteiger partial charge on any atom is -0.480 e. The molecule has 1 aromatic carbocycles. The van der Waals surface area contributed by atoms with Crippen LogP contribution in [0.15, 0.2) is 34.7 Å². The molecule has 0 unspecified atom stereocenters. The van der Waals surface area contributed by atoms with Gasteiger partial charge in [-0.15, -0.1) is 10.2 Å². The minimum absolute atomic E-state index is 0.198. The molecule has 11 heteroatoms. The lowest BCUT2D eigenvalue weighted by molar-refractivity contribution is -0.147. The fourth-order valence-electron chi connectivity index (χ4n) is 4.55. The van der Waals surface area contributed by atoms with E-state index in [0.29, 0.717) is 63.3 Å². The van der Waals surface area contributed by atoms with Crippen molar-refractivity contribution in [1.82, 2.24) is 30.3 Å². The zero-order valence-electron chi connectivity index (χ0n) is 22.8. The molecule has 4 rings (SSSR count). The van der Waals surface area contributed by atoms with Crippen molar-refractivity contribution in [2.24, 2.45) is 0 Å². The Morgan fingerprint density at radius 1 is 1.08 bits per heavy atom. The zero-order valence-corrected chi connectivity index (χ0v) is 22.8. The summed E-state index contributed by atoms with van der Waals surface area (Å²) in [5.74, 6) is -0.285. The van der Waals surface area contributed by atoms with Crippen molar-refractivity contribution in [3.63, 3.8) is 0 Å². The topological polar surface area (TPSA) is 131 Å². The lowest BCUT2D eigenvalue weighted by atomic mass is 10.0. The van der Waals surface area contributed by atoms with Crippen molar-refractivity contribution < 1.29 is 23.5 Å². The van der Waals surface area contributed by atoms with Gasteiger partial charge in [-0.3, -0.25) is 14.4 Å². The maximum atomic E-state index is 13.0. The summed E-state index contributed by atoms with van der Waals surface area (Å²) in [7, 11) is 3.51. The number of nitrogens with one attached hydrogen (secondary N) is 1. The average Bonchev–Trinajstić information content (AvgIpc) is 3.45. The minimum atomic E-state index is -0.699. The van der Waals surface area contributed by atoms with Gasteiger partial charge in [0, 0.05) is 44.4 Å². The first-order valence-corrected chi connectivity index (χ1v) is 13.5. The molecule has 0 spiro atoms. The van der Waals surface area contributed by atoms with Crippen LogP contribution in [0.5, 0.6) is 5.88 Å². The van der Waals surface area contributed by atoms with E-state index in [-0.39, 0.29) is 17.6 Å². The number of likely N-dealkylation sites (N-methyl/N-ethyl adjacent to an activating group) is 1. The van der Waals surface area contributed by atoms with Gasteiger partial charge in [0.05, 0.1) is 12.6 Å². The summed E-state index contributed by atoms with van der Waals surface area (Å²) in [6.45, 7) is 4.29. The number of hydrogen-bond donors (Lipinski definition) is 1. The molecule has 2 amide bonds. The second-order valence-electron chi connectivity index (χ2n) is 9.80. The molecule has 1 aliphatic rings. The molecule has 39 heavy (non-hydrogen) atoms. The number of nitrogens with zero attached hydrogens (tertiary/aromatic N) is 5. The van der Waals surface area contributed by atoms with E-state index in [4.69, 9.17) is 9.15 Å². The number of carbonyl (C=O) groups excluding carboxylic acids is 3. The van der Waals surface area contributed by atoms with Crippen molar-refractivity contribution >= 4 is 28.5 Å². The van der Waals surface area contributed by atoms with Crippen LogP contribution in [-0.2, 0) is 14.4 Å². The normalized spacial score (nSPS) is 14.8. The Balaban J connectivity index is 1.52. The maximum Gasteiger partial charge on any atom is 0.311 e. The molecule has 11 nitrogen and oxygen atoms in total. The first-order chi connectivity index (χ1) is 18.9. The number of pyridine rings is 1. The molecular weight excluding hydrogens is 500 g/mol. The van der Waals surface area contributed by atoms with Gasteiger partial charge in [0.15, 0.2) is 0 Å². The van der Waals surface area contributed by atoms with Gasteiger partial charge in [0.1, 0.15) is 17.4 Å². The molecule has 2 aromatic heterocycles. The summed E-state index contributed by atoms with van der Waals surface area (Å²) in [4.78, 5) is 45.7. The highest BCUT2D eigenvalue weighted by atomic mass is 16.5. The molecule has 0 aliphatic carbocycles. The monoisotopic (exact) mass is 536 g/mol. The van der Waals surface area contributed by atoms with Crippen molar-refractivity contribution in [3.8, 4) is 17.3 Å². The Bertz CT molecular complexity index is 1300. The van der Waals surface area contributed by atoms with E-state index in [1.165, 1.54) is 7.11 Å². The largest absolute Gasteiger partial charge is 0.480 e. The van der Waals surface area contributed by atoms with Crippen LogP contribution in [-0.4, -0.2) is 82.9 Å². The van der Waals surface area contributed by atoms with Crippen LogP contribution in [0.3, 0.4) is 0 Å². The number of rotatable bonds is 11. The number of unbranched alkanes of at least 4 members (excludes halogenated alkanes) is 2. The van der Waals surface area contributed by atoms with Crippen LogP contribution in [0.4, 0.5) is 0 Å². The molecule has 0 saturated carbocycles. The third-order valence-corrected chi connectivity index (χ3v) is 6.98. The predicted molar refractivity (Wildman–Crippen MR) is 145 cm³/mol. The second kappa shape index (κ2) is 13.3. The molecule has 3 heterocycles. The summed E-state index contributed by atoms with van der Waals surface area (Å²) in [6, 6.07) is 8.84. The summed E-state index contributed by atoms with van der Waals surface area (Å²) < 4.78 is 11.5. The van der Waals surface area contributed by atoms with E-state index < -0.39 is 17.9 Å². The zero-order chi connectivity index (χ0) is 27.8. The quantitative estimate of drug-likeness (QED) is 0.290. The number of Topliss-reactive ketones (excluding diaryl/α,β-unsaturated/α-hetero) is 1. The molecule has 1 saturated heterocycles. The number of amides is 2. The van der Waals surface area contributed by atoms with Gasteiger partial charge in [-0.05, 0) is 32.0 Å². The van der Waals surface area contributed by atoms with E-state index in [9.17, 15) is 14.4 Å². The summed E-state index contributed by atoms with van der Waals surface area (Å²) in [6.07, 6.45) is 3.83. The number of ketones is 1. The number of para-hydroxylation sites is 1.